The van der Waals surface area contributed by atoms with Gasteiger partial charge < -0.3 is 20.9 Å². The standard InChI is InChI=1S/C10H24N2O2/c1-4-9(11)6-13-8(3)14-7-10(12)5-2/h8-10H,4-7,11-12H2,1-3H3. The summed E-state index contributed by atoms with van der Waals surface area (Å²) < 4.78 is 10.8. The lowest BCUT2D eigenvalue weighted by atomic mass is 10.2. The Labute approximate surface area is 86.9 Å². The van der Waals surface area contributed by atoms with Crippen molar-refractivity contribution in [2.45, 2.75) is 52.0 Å². The predicted octanol–water partition coefficient (Wildman–Crippen LogP) is 0.840. The van der Waals surface area contributed by atoms with Crippen LogP contribution in [0.3, 0.4) is 0 Å². The summed E-state index contributed by atoms with van der Waals surface area (Å²) in [5.74, 6) is 0. The summed E-state index contributed by atoms with van der Waals surface area (Å²) in [6, 6.07) is 0.196. The summed E-state index contributed by atoms with van der Waals surface area (Å²) in [7, 11) is 0. The Bertz CT molecular complexity index is 119. The third-order valence-corrected chi connectivity index (χ3v) is 2.14. The smallest absolute Gasteiger partial charge is 0.154 e. The number of hydrogen-bond donors (Lipinski definition) is 2. The molecule has 14 heavy (non-hydrogen) atoms. The van der Waals surface area contributed by atoms with Crippen LogP contribution in [0.25, 0.3) is 0 Å². The number of nitrogens with two attached hydrogens (primary N) is 2. The molecule has 0 amide bonds. The topological polar surface area (TPSA) is 70.5 Å². The fourth-order valence-corrected chi connectivity index (χ4v) is 0.802. The molecule has 0 fully saturated rings. The molecule has 0 heterocycles. The summed E-state index contributed by atoms with van der Waals surface area (Å²) in [5, 5.41) is 0. The lowest BCUT2D eigenvalue weighted by molar-refractivity contribution is -0.136. The highest BCUT2D eigenvalue weighted by atomic mass is 16.7. The molecule has 0 bridgehead atoms. The van der Waals surface area contributed by atoms with E-state index >= 15 is 0 Å². The van der Waals surface area contributed by atoms with Gasteiger partial charge in [0.05, 0.1) is 13.2 Å². The van der Waals surface area contributed by atoms with Crippen LogP contribution in [0.15, 0.2) is 0 Å². The van der Waals surface area contributed by atoms with Crippen molar-refractivity contribution in [1.82, 2.24) is 0 Å². The summed E-state index contributed by atoms with van der Waals surface area (Å²) in [6.07, 6.45) is 1.62. The van der Waals surface area contributed by atoms with Crippen LogP contribution in [0, 0.1) is 0 Å². The van der Waals surface area contributed by atoms with Crippen LogP contribution in [-0.2, 0) is 9.47 Å². The molecule has 86 valence electrons. The molecule has 0 radical (unpaired) electrons. The van der Waals surface area contributed by atoms with Gasteiger partial charge in [-0.15, -0.1) is 0 Å². The first-order chi connectivity index (χ1) is 6.60. The lowest BCUT2D eigenvalue weighted by Gasteiger charge is -2.18. The highest BCUT2D eigenvalue weighted by Crippen LogP contribution is 1.98. The van der Waals surface area contributed by atoms with E-state index in [4.69, 9.17) is 20.9 Å². The van der Waals surface area contributed by atoms with E-state index in [0.29, 0.717) is 13.2 Å². The zero-order valence-electron chi connectivity index (χ0n) is 9.53. The molecule has 2 unspecified atom stereocenters. The molecule has 2 atom stereocenters. The van der Waals surface area contributed by atoms with Crippen molar-refractivity contribution in [3.63, 3.8) is 0 Å². The van der Waals surface area contributed by atoms with Crippen LogP contribution < -0.4 is 11.5 Å². The van der Waals surface area contributed by atoms with Gasteiger partial charge in [-0.3, -0.25) is 0 Å². The van der Waals surface area contributed by atoms with Crippen molar-refractivity contribution in [3.05, 3.63) is 0 Å². The molecule has 0 aliphatic heterocycles. The number of rotatable bonds is 8. The molecule has 0 saturated heterocycles. The summed E-state index contributed by atoms with van der Waals surface area (Å²) in [6.45, 7) is 7.02. The maximum atomic E-state index is 5.70. The van der Waals surface area contributed by atoms with Gasteiger partial charge in [0.25, 0.3) is 0 Å². The molecule has 0 spiro atoms. The molecular formula is C10H24N2O2. The van der Waals surface area contributed by atoms with Gasteiger partial charge in [0.15, 0.2) is 6.29 Å². The Kier molecular flexibility index (Phi) is 8.08. The molecular weight excluding hydrogens is 180 g/mol. The van der Waals surface area contributed by atoms with E-state index in [-0.39, 0.29) is 18.4 Å². The first-order valence-electron chi connectivity index (χ1n) is 5.34. The average Bonchev–Trinajstić information content (AvgIpc) is 2.22. The minimum absolute atomic E-state index is 0.0981. The summed E-state index contributed by atoms with van der Waals surface area (Å²) in [4.78, 5) is 0. The molecule has 0 aliphatic rings. The van der Waals surface area contributed by atoms with E-state index in [0.717, 1.165) is 12.8 Å². The van der Waals surface area contributed by atoms with Gasteiger partial charge in [0.2, 0.25) is 0 Å². The average molecular weight is 204 g/mol. The van der Waals surface area contributed by atoms with Crippen LogP contribution in [-0.4, -0.2) is 31.6 Å². The van der Waals surface area contributed by atoms with Crippen LogP contribution in [0.1, 0.15) is 33.6 Å². The molecule has 4 nitrogen and oxygen atoms in total. The lowest BCUT2D eigenvalue weighted by Crippen LogP contribution is -2.31. The maximum Gasteiger partial charge on any atom is 0.154 e. The normalized spacial score (nSPS) is 17.8. The Morgan fingerprint density at radius 2 is 1.29 bits per heavy atom. The van der Waals surface area contributed by atoms with Crippen molar-refractivity contribution >= 4 is 0 Å². The van der Waals surface area contributed by atoms with E-state index < -0.39 is 0 Å². The quantitative estimate of drug-likeness (QED) is 0.575. The minimum Gasteiger partial charge on any atom is -0.351 e. The van der Waals surface area contributed by atoms with E-state index in [1.165, 1.54) is 0 Å². The van der Waals surface area contributed by atoms with E-state index in [1.54, 1.807) is 0 Å². The van der Waals surface area contributed by atoms with Gasteiger partial charge in [-0.2, -0.15) is 0 Å². The second kappa shape index (κ2) is 8.17. The third kappa shape index (κ3) is 7.26. The molecule has 0 saturated carbocycles. The van der Waals surface area contributed by atoms with Gasteiger partial charge in [-0.05, 0) is 19.8 Å². The monoisotopic (exact) mass is 204 g/mol. The van der Waals surface area contributed by atoms with Crippen molar-refractivity contribution < 1.29 is 9.47 Å². The van der Waals surface area contributed by atoms with Crippen LogP contribution in [0.5, 0.6) is 0 Å². The van der Waals surface area contributed by atoms with Crippen molar-refractivity contribution in [2.24, 2.45) is 11.5 Å². The SMILES string of the molecule is CCC(N)COC(C)OCC(N)CC. The summed E-state index contributed by atoms with van der Waals surface area (Å²) >= 11 is 0. The first-order valence-corrected chi connectivity index (χ1v) is 5.34. The molecule has 0 aromatic carbocycles. The van der Waals surface area contributed by atoms with Gasteiger partial charge >= 0.3 is 0 Å². The second-order valence-electron chi connectivity index (χ2n) is 3.57. The van der Waals surface area contributed by atoms with Crippen LogP contribution in [0.4, 0.5) is 0 Å². The van der Waals surface area contributed by atoms with E-state index in [1.807, 2.05) is 20.8 Å². The minimum atomic E-state index is -0.217. The van der Waals surface area contributed by atoms with Gasteiger partial charge in [-0.25, -0.2) is 0 Å². The first kappa shape index (κ1) is 13.8. The van der Waals surface area contributed by atoms with E-state index in [9.17, 15) is 0 Å². The van der Waals surface area contributed by atoms with Crippen molar-refractivity contribution in [2.75, 3.05) is 13.2 Å². The Balaban J connectivity index is 3.40. The Hall–Kier alpha value is -0.160. The van der Waals surface area contributed by atoms with Crippen LogP contribution >= 0.6 is 0 Å². The van der Waals surface area contributed by atoms with Gasteiger partial charge in [-0.1, -0.05) is 13.8 Å². The molecule has 0 aromatic heterocycles. The highest BCUT2D eigenvalue weighted by molar-refractivity contribution is 4.57. The fourth-order valence-electron chi connectivity index (χ4n) is 0.802. The Morgan fingerprint density at radius 3 is 1.57 bits per heavy atom. The zero-order chi connectivity index (χ0) is 11.0. The third-order valence-electron chi connectivity index (χ3n) is 2.14. The predicted molar refractivity (Wildman–Crippen MR) is 57.9 cm³/mol. The maximum absolute atomic E-state index is 5.70. The van der Waals surface area contributed by atoms with Crippen LogP contribution in [0.2, 0.25) is 0 Å². The van der Waals surface area contributed by atoms with Crippen molar-refractivity contribution in [3.8, 4) is 0 Å². The second-order valence-corrected chi connectivity index (χ2v) is 3.57. The van der Waals surface area contributed by atoms with Gasteiger partial charge in [0.1, 0.15) is 0 Å². The molecule has 0 rings (SSSR count). The molecule has 4 N–H and O–H groups in total. The largest absolute Gasteiger partial charge is 0.351 e. The van der Waals surface area contributed by atoms with Crippen molar-refractivity contribution in [1.29, 1.82) is 0 Å². The molecule has 0 aromatic rings. The van der Waals surface area contributed by atoms with E-state index in [2.05, 4.69) is 0 Å². The fraction of sp³-hybridized carbons (Fsp3) is 1.00. The highest BCUT2D eigenvalue weighted by Gasteiger charge is 2.07. The van der Waals surface area contributed by atoms with Gasteiger partial charge in [0, 0.05) is 12.1 Å². The Morgan fingerprint density at radius 1 is 0.929 bits per heavy atom. The molecule has 0 aliphatic carbocycles. The molecule has 4 heteroatoms. The number of hydrogen-bond acceptors (Lipinski definition) is 4. The number of ether oxygens (including phenoxy) is 2. The summed E-state index contributed by atoms with van der Waals surface area (Å²) in [5.41, 5.74) is 11.4. The zero-order valence-corrected chi connectivity index (χ0v) is 9.53.